The fourth-order valence-electron chi connectivity index (χ4n) is 3.61. The molecule has 2 amide bonds. The summed E-state index contributed by atoms with van der Waals surface area (Å²) in [7, 11) is 1.64. The van der Waals surface area contributed by atoms with E-state index in [1.54, 1.807) is 18.9 Å². The van der Waals surface area contributed by atoms with E-state index in [0.29, 0.717) is 30.7 Å². The van der Waals surface area contributed by atoms with Crippen molar-refractivity contribution in [1.82, 2.24) is 15.5 Å². The molecule has 0 saturated carbocycles. The van der Waals surface area contributed by atoms with E-state index in [9.17, 15) is 9.59 Å². The molecule has 3 aliphatic heterocycles. The molecule has 26 heavy (non-hydrogen) atoms. The second-order valence-electron chi connectivity index (χ2n) is 7.00. The summed E-state index contributed by atoms with van der Waals surface area (Å²) in [6.07, 6.45) is 3.21. The third-order valence-electron chi connectivity index (χ3n) is 4.96. The number of methoxy groups -OCH3 is 1. The number of hydrogen-bond acceptors (Lipinski definition) is 7. The Morgan fingerprint density at radius 3 is 3.12 bits per heavy atom. The summed E-state index contributed by atoms with van der Waals surface area (Å²) in [5.41, 5.74) is -0.182. The van der Waals surface area contributed by atoms with Gasteiger partial charge in [0.05, 0.1) is 23.7 Å². The maximum absolute atomic E-state index is 12.9. The van der Waals surface area contributed by atoms with Crippen LogP contribution in [0.3, 0.4) is 0 Å². The summed E-state index contributed by atoms with van der Waals surface area (Å²) < 4.78 is 10.7. The van der Waals surface area contributed by atoms with Gasteiger partial charge in [-0.1, -0.05) is 6.92 Å². The van der Waals surface area contributed by atoms with E-state index in [2.05, 4.69) is 17.6 Å². The lowest BCUT2D eigenvalue weighted by atomic mass is 10.1. The molecule has 9 heteroatoms. The quantitative estimate of drug-likeness (QED) is 0.616. The van der Waals surface area contributed by atoms with Gasteiger partial charge in [0.25, 0.3) is 0 Å². The molecule has 148 valence electrons. The number of amides is 2. The first-order chi connectivity index (χ1) is 12.6. The molecule has 0 spiro atoms. The molecule has 0 aliphatic carbocycles. The van der Waals surface area contributed by atoms with E-state index in [1.165, 1.54) is 11.8 Å². The van der Waals surface area contributed by atoms with E-state index in [4.69, 9.17) is 9.47 Å². The van der Waals surface area contributed by atoms with Crippen molar-refractivity contribution in [3.05, 3.63) is 0 Å². The van der Waals surface area contributed by atoms with Crippen LogP contribution >= 0.6 is 23.5 Å². The third-order valence-corrected chi connectivity index (χ3v) is 7.57. The smallest absolute Gasteiger partial charge is 0.239 e. The fourth-order valence-corrected chi connectivity index (χ4v) is 6.14. The van der Waals surface area contributed by atoms with E-state index >= 15 is 0 Å². The Morgan fingerprint density at radius 1 is 1.54 bits per heavy atom. The molecule has 3 heterocycles. The van der Waals surface area contributed by atoms with Crippen LogP contribution < -0.4 is 10.6 Å². The largest absolute Gasteiger partial charge is 0.383 e. The number of nitrogens with zero attached hydrogens (tertiary/aromatic N) is 1. The number of carbonyl (C=O) groups is 2. The number of ether oxygens (including phenoxy) is 2. The van der Waals surface area contributed by atoms with Crippen molar-refractivity contribution < 1.29 is 19.1 Å². The van der Waals surface area contributed by atoms with Crippen molar-refractivity contribution in [3.63, 3.8) is 0 Å². The molecule has 5 unspecified atom stereocenters. The van der Waals surface area contributed by atoms with Crippen LogP contribution in [0.1, 0.15) is 26.2 Å². The van der Waals surface area contributed by atoms with Crippen LogP contribution in [-0.4, -0.2) is 84.0 Å². The molecule has 3 fully saturated rings. The number of hydrogen-bond donors (Lipinski definition) is 2. The van der Waals surface area contributed by atoms with Crippen LogP contribution in [0.15, 0.2) is 0 Å². The molecule has 0 aromatic carbocycles. The monoisotopic (exact) mass is 403 g/mol. The summed E-state index contributed by atoms with van der Waals surface area (Å²) in [4.78, 5) is 26.9. The SMILES string of the molecule is COCCN1C(=O)C2SC(C)CC2NC1SCC(=O)NCC1CCCO1. The second kappa shape index (κ2) is 9.64. The van der Waals surface area contributed by atoms with Crippen LogP contribution in [0.4, 0.5) is 0 Å². The van der Waals surface area contributed by atoms with E-state index < -0.39 is 0 Å². The zero-order valence-electron chi connectivity index (χ0n) is 15.4. The molecule has 3 aliphatic rings. The molecular weight excluding hydrogens is 374 g/mol. The van der Waals surface area contributed by atoms with Gasteiger partial charge >= 0.3 is 0 Å². The normalized spacial score (nSPS) is 34.2. The molecule has 0 aromatic heterocycles. The Kier molecular flexibility index (Phi) is 7.51. The number of fused-ring (bicyclic) bond motifs is 1. The Labute approximate surface area is 163 Å². The van der Waals surface area contributed by atoms with E-state index in [-0.39, 0.29) is 34.7 Å². The van der Waals surface area contributed by atoms with E-state index in [0.717, 1.165) is 25.9 Å². The van der Waals surface area contributed by atoms with Crippen LogP contribution in [0.5, 0.6) is 0 Å². The van der Waals surface area contributed by atoms with Crippen molar-refractivity contribution in [2.24, 2.45) is 0 Å². The lowest BCUT2D eigenvalue weighted by Crippen LogP contribution is -2.62. The highest BCUT2D eigenvalue weighted by Crippen LogP contribution is 2.39. The van der Waals surface area contributed by atoms with Gasteiger partial charge in [-0.15, -0.1) is 23.5 Å². The highest BCUT2D eigenvalue weighted by atomic mass is 32.2. The van der Waals surface area contributed by atoms with Crippen LogP contribution in [-0.2, 0) is 19.1 Å². The fraction of sp³-hybridized carbons (Fsp3) is 0.882. The molecule has 5 atom stereocenters. The van der Waals surface area contributed by atoms with Gasteiger partial charge < -0.3 is 19.7 Å². The first kappa shape index (κ1) is 20.3. The predicted molar refractivity (Wildman–Crippen MR) is 104 cm³/mol. The summed E-state index contributed by atoms with van der Waals surface area (Å²) in [6.45, 7) is 4.56. The Morgan fingerprint density at radius 2 is 2.38 bits per heavy atom. The molecule has 0 aromatic rings. The lowest BCUT2D eigenvalue weighted by molar-refractivity contribution is -0.135. The maximum atomic E-state index is 12.9. The molecule has 3 rings (SSSR count). The Bertz CT molecular complexity index is 504. The van der Waals surface area contributed by atoms with Gasteiger partial charge in [0.2, 0.25) is 11.8 Å². The topological polar surface area (TPSA) is 79.9 Å². The summed E-state index contributed by atoms with van der Waals surface area (Å²) >= 11 is 3.22. The van der Waals surface area contributed by atoms with E-state index in [1.807, 2.05) is 4.90 Å². The molecule has 7 nitrogen and oxygen atoms in total. The Balaban J connectivity index is 1.51. The molecule has 2 N–H and O–H groups in total. The summed E-state index contributed by atoms with van der Waals surface area (Å²) in [5, 5.41) is 6.97. The van der Waals surface area contributed by atoms with Gasteiger partial charge in [0.15, 0.2) is 0 Å². The second-order valence-corrected chi connectivity index (χ2v) is 9.66. The highest BCUT2D eigenvalue weighted by Gasteiger charge is 2.46. The first-order valence-corrected chi connectivity index (χ1v) is 11.3. The average molecular weight is 404 g/mol. The van der Waals surface area contributed by atoms with Gasteiger partial charge in [-0.2, -0.15) is 0 Å². The third kappa shape index (κ3) is 5.07. The minimum Gasteiger partial charge on any atom is -0.383 e. The van der Waals surface area contributed by atoms with Crippen LogP contribution in [0, 0.1) is 0 Å². The van der Waals surface area contributed by atoms with Gasteiger partial charge in [-0.05, 0) is 19.3 Å². The number of nitrogens with one attached hydrogen (secondary N) is 2. The predicted octanol–water partition coefficient (Wildman–Crippen LogP) is 0.639. The van der Waals surface area contributed by atoms with Crippen molar-refractivity contribution in [2.45, 2.75) is 54.3 Å². The molecular formula is C17H29N3O4S2. The van der Waals surface area contributed by atoms with Gasteiger partial charge in [-0.3, -0.25) is 14.9 Å². The van der Waals surface area contributed by atoms with Crippen LogP contribution in [0.25, 0.3) is 0 Å². The van der Waals surface area contributed by atoms with Crippen molar-refractivity contribution in [3.8, 4) is 0 Å². The van der Waals surface area contributed by atoms with Crippen molar-refractivity contribution in [2.75, 3.05) is 39.2 Å². The van der Waals surface area contributed by atoms with Crippen LogP contribution in [0.2, 0.25) is 0 Å². The first-order valence-electron chi connectivity index (χ1n) is 9.29. The standard InChI is InChI=1S/C17H29N3O4S2/c1-11-8-13-15(26-11)16(22)20(5-7-23-2)17(19-13)25-10-14(21)18-9-12-4-3-6-24-12/h11-13,15,17,19H,3-10H2,1-2H3,(H,18,21). The zero-order chi connectivity index (χ0) is 18.5. The number of carbonyl (C=O) groups excluding carboxylic acids is 2. The maximum Gasteiger partial charge on any atom is 0.239 e. The molecule has 0 radical (unpaired) electrons. The number of thioether (sulfide) groups is 2. The minimum absolute atomic E-state index is 0.0114. The lowest BCUT2D eigenvalue weighted by Gasteiger charge is -2.41. The summed E-state index contributed by atoms with van der Waals surface area (Å²) in [6, 6.07) is 0.189. The average Bonchev–Trinajstić information content (AvgIpc) is 3.26. The minimum atomic E-state index is -0.182. The van der Waals surface area contributed by atoms with Gasteiger partial charge in [-0.25, -0.2) is 0 Å². The molecule has 3 saturated heterocycles. The van der Waals surface area contributed by atoms with Gasteiger partial charge in [0, 0.05) is 38.1 Å². The summed E-state index contributed by atoms with van der Waals surface area (Å²) in [5.74, 6) is 0.474. The molecule has 0 bridgehead atoms. The number of rotatable bonds is 8. The van der Waals surface area contributed by atoms with Crippen molar-refractivity contribution in [1.29, 1.82) is 0 Å². The highest BCUT2D eigenvalue weighted by molar-refractivity contribution is 8.01. The Hall–Kier alpha value is -0.480. The zero-order valence-corrected chi connectivity index (χ0v) is 17.1. The van der Waals surface area contributed by atoms with Crippen molar-refractivity contribution >= 4 is 35.3 Å². The van der Waals surface area contributed by atoms with Gasteiger partial charge in [0.1, 0.15) is 5.50 Å².